The molecule has 1 aromatic heterocycles. The van der Waals surface area contributed by atoms with E-state index < -0.39 is 22.9 Å². The second-order valence-corrected chi connectivity index (χ2v) is 9.70. The summed E-state index contributed by atoms with van der Waals surface area (Å²) in [5.41, 5.74) is -0.533. The molecule has 1 aromatic carbocycles. The van der Waals surface area contributed by atoms with Gasteiger partial charge in [-0.3, -0.25) is 4.79 Å². The molecule has 1 aliphatic rings. The van der Waals surface area contributed by atoms with Crippen molar-refractivity contribution in [3.8, 4) is 11.5 Å². The zero-order valence-corrected chi connectivity index (χ0v) is 20.5. The standard InChI is InChI=1S/C23H30ClN3O6/c1-22(2)11-15(28)12-23(3,4)27(22)18(29)13-26-21(30)33-17(25-26)10-8-14-7-9-16(31-5)20(32-6)19(14)24/h7-10,15,28H,11-13H2,1-6H3. The number of benzene rings is 1. The maximum Gasteiger partial charge on any atom is 0.437 e. The van der Waals surface area contributed by atoms with Crippen LogP contribution in [0.25, 0.3) is 12.2 Å². The molecule has 0 atom stereocenters. The molecule has 0 unspecified atom stereocenters. The summed E-state index contributed by atoms with van der Waals surface area (Å²) in [7, 11) is 3.00. The molecule has 1 amide bonds. The van der Waals surface area contributed by atoms with Gasteiger partial charge in [0.25, 0.3) is 0 Å². The van der Waals surface area contributed by atoms with Crippen LogP contribution in [-0.4, -0.2) is 57.1 Å². The van der Waals surface area contributed by atoms with Gasteiger partial charge in [-0.1, -0.05) is 11.6 Å². The van der Waals surface area contributed by atoms with E-state index in [0.717, 1.165) is 4.68 Å². The molecule has 0 spiro atoms. The number of carbonyl (C=O) groups is 1. The normalized spacial score (nSPS) is 18.0. The molecule has 1 saturated heterocycles. The van der Waals surface area contributed by atoms with Crippen molar-refractivity contribution in [1.29, 1.82) is 0 Å². The molecule has 10 heteroatoms. The molecule has 0 aliphatic carbocycles. The van der Waals surface area contributed by atoms with Crippen molar-refractivity contribution in [3.05, 3.63) is 39.2 Å². The fourth-order valence-corrected chi connectivity index (χ4v) is 5.08. The number of piperidine rings is 1. The molecule has 0 bridgehead atoms. The van der Waals surface area contributed by atoms with E-state index in [2.05, 4.69) is 5.10 Å². The van der Waals surface area contributed by atoms with Crippen LogP contribution in [0.1, 0.15) is 52.0 Å². The molecule has 1 N–H and O–H groups in total. The van der Waals surface area contributed by atoms with E-state index in [9.17, 15) is 14.7 Å². The molecule has 0 radical (unpaired) electrons. The van der Waals surface area contributed by atoms with Gasteiger partial charge in [-0.2, -0.15) is 4.68 Å². The van der Waals surface area contributed by atoms with Crippen molar-refractivity contribution >= 4 is 29.7 Å². The number of nitrogens with zero attached hydrogens (tertiary/aromatic N) is 3. The highest BCUT2D eigenvalue weighted by molar-refractivity contribution is 6.34. The Morgan fingerprint density at radius 3 is 2.42 bits per heavy atom. The lowest BCUT2D eigenvalue weighted by atomic mass is 9.78. The first kappa shape index (κ1) is 24.9. The first-order chi connectivity index (χ1) is 15.4. The molecule has 3 rings (SSSR count). The minimum atomic E-state index is -0.742. The van der Waals surface area contributed by atoms with Crippen LogP contribution in [0.2, 0.25) is 5.02 Å². The van der Waals surface area contributed by atoms with E-state index in [1.54, 1.807) is 23.1 Å². The number of likely N-dealkylation sites (tertiary alicyclic amines) is 1. The minimum Gasteiger partial charge on any atom is -0.493 e. The van der Waals surface area contributed by atoms with Gasteiger partial charge in [-0.05, 0) is 64.3 Å². The lowest BCUT2D eigenvalue weighted by Gasteiger charge is -2.54. The number of hydrogen-bond acceptors (Lipinski definition) is 7. The lowest BCUT2D eigenvalue weighted by Crippen LogP contribution is -2.64. The van der Waals surface area contributed by atoms with Crippen LogP contribution in [0.3, 0.4) is 0 Å². The highest BCUT2D eigenvalue weighted by atomic mass is 35.5. The van der Waals surface area contributed by atoms with Crippen molar-refractivity contribution in [2.24, 2.45) is 0 Å². The highest BCUT2D eigenvalue weighted by Gasteiger charge is 2.47. The number of aromatic nitrogens is 2. The van der Waals surface area contributed by atoms with Crippen molar-refractivity contribution in [2.45, 2.75) is 64.3 Å². The van der Waals surface area contributed by atoms with Crippen molar-refractivity contribution in [2.75, 3.05) is 14.2 Å². The first-order valence-electron chi connectivity index (χ1n) is 10.6. The van der Waals surface area contributed by atoms with Crippen LogP contribution >= 0.6 is 11.6 Å². The van der Waals surface area contributed by atoms with Gasteiger partial charge in [-0.15, -0.1) is 5.10 Å². The van der Waals surface area contributed by atoms with Crippen LogP contribution in [0.4, 0.5) is 0 Å². The van der Waals surface area contributed by atoms with Crippen molar-refractivity contribution in [1.82, 2.24) is 14.7 Å². The Morgan fingerprint density at radius 1 is 1.21 bits per heavy atom. The van der Waals surface area contributed by atoms with Crippen molar-refractivity contribution in [3.63, 3.8) is 0 Å². The molecule has 2 aromatic rings. The fourth-order valence-electron chi connectivity index (χ4n) is 4.79. The smallest absolute Gasteiger partial charge is 0.437 e. The molecule has 1 fully saturated rings. The van der Waals surface area contributed by atoms with Crippen LogP contribution in [0, 0.1) is 0 Å². The number of hydrogen-bond donors (Lipinski definition) is 1. The maximum atomic E-state index is 13.2. The van der Waals surface area contributed by atoms with Crippen LogP contribution in [-0.2, 0) is 11.3 Å². The predicted molar refractivity (Wildman–Crippen MR) is 124 cm³/mol. The average molecular weight is 480 g/mol. The Bertz CT molecular complexity index is 1100. The molecular formula is C23H30ClN3O6. The number of ether oxygens (including phenoxy) is 2. The van der Waals surface area contributed by atoms with Crippen LogP contribution in [0.5, 0.6) is 11.5 Å². The number of amides is 1. The number of aliphatic hydroxyl groups is 1. The van der Waals surface area contributed by atoms with Crippen LogP contribution in [0.15, 0.2) is 21.3 Å². The Balaban J connectivity index is 1.81. The second-order valence-electron chi connectivity index (χ2n) is 9.32. The van der Waals surface area contributed by atoms with Gasteiger partial charge >= 0.3 is 5.76 Å². The lowest BCUT2D eigenvalue weighted by molar-refractivity contribution is -0.155. The summed E-state index contributed by atoms with van der Waals surface area (Å²) >= 11 is 6.37. The molecule has 180 valence electrons. The van der Waals surface area contributed by atoms with E-state index in [1.165, 1.54) is 20.3 Å². The largest absolute Gasteiger partial charge is 0.493 e. The molecular weight excluding hydrogens is 450 g/mol. The van der Waals surface area contributed by atoms with E-state index in [0.29, 0.717) is 34.9 Å². The molecule has 1 aliphatic heterocycles. The van der Waals surface area contributed by atoms with Gasteiger partial charge < -0.3 is 23.9 Å². The fraction of sp³-hybridized carbons (Fsp3) is 0.522. The van der Waals surface area contributed by atoms with Crippen molar-refractivity contribution < 1.29 is 23.8 Å². The average Bonchev–Trinajstić information content (AvgIpc) is 3.03. The Hall–Kier alpha value is -2.78. The predicted octanol–water partition coefficient (Wildman–Crippen LogP) is 3.22. The Morgan fingerprint density at radius 2 is 1.85 bits per heavy atom. The summed E-state index contributed by atoms with van der Waals surface area (Å²) in [6.45, 7) is 7.35. The summed E-state index contributed by atoms with van der Waals surface area (Å²) in [5, 5.41) is 14.7. The third-order valence-electron chi connectivity index (χ3n) is 5.76. The quantitative estimate of drug-likeness (QED) is 0.677. The Labute approximate surface area is 197 Å². The van der Waals surface area contributed by atoms with E-state index in [1.807, 2.05) is 27.7 Å². The minimum absolute atomic E-state index is 0.0336. The Kier molecular flexibility index (Phi) is 6.95. The van der Waals surface area contributed by atoms with Gasteiger partial charge in [0.2, 0.25) is 11.8 Å². The van der Waals surface area contributed by atoms with Gasteiger partial charge in [0.15, 0.2) is 11.5 Å². The molecule has 0 saturated carbocycles. The number of rotatable bonds is 6. The number of carbonyl (C=O) groups excluding carboxylic acids is 1. The van der Waals surface area contributed by atoms with E-state index in [-0.39, 0.29) is 18.3 Å². The third-order valence-corrected chi connectivity index (χ3v) is 6.15. The topological polar surface area (TPSA) is 107 Å². The second kappa shape index (κ2) is 9.23. The van der Waals surface area contributed by atoms with Crippen LogP contribution < -0.4 is 15.2 Å². The summed E-state index contributed by atoms with van der Waals surface area (Å²) in [5.74, 6) is -0.105. The zero-order chi connectivity index (χ0) is 24.6. The summed E-state index contributed by atoms with van der Waals surface area (Å²) in [6.07, 6.45) is 3.53. The summed E-state index contributed by atoms with van der Waals surface area (Å²) < 4.78 is 16.7. The summed E-state index contributed by atoms with van der Waals surface area (Å²) in [6, 6.07) is 3.44. The summed E-state index contributed by atoms with van der Waals surface area (Å²) in [4.78, 5) is 27.2. The maximum absolute atomic E-state index is 13.2. The van der Waals surface area contributed by atoms with Gasteiger partial charge in [-0.25, -0.2) is 4.79 Å². The zero-order valence-electron chi connectivity index (χ0n) is 19.7. The molecule has 2 heterocycles. The number of methoxy groups -OCH3 is 2. The highest BCUT2D eigenvalue weighted by Crippen LogP contribution is 2.39. The first-order valence-corrected chi connectivity index (χ1v) is 10.9. The number of aliphatic hydroxyl groups excluding tert-OH is 1. The third kappa shape index (κ3) is 5.09. The molecule has 9 nitrogen and oxygen atoms in total. The van der Waals surface area contributed by atoms with E-state index in [4.69, 9.17) is 25.5 Å². The molecule has 33 heavy (non-hydrogen) atoms. The monoisotopic (exact) mass is 479 g/mol. The van der Waals surface area contributed by atoms with E-state index >= 15 is 0 Å². The SMILES string of the molecule is COc1ccc(C=Cc2nn(CC(=O)N3C(C)(C)CC(O)CC3(C)C)c(=O)o2)c(Cl)c1OC. The van der Waals surface area contributed by atoms with Gasteiger partial charge in [0, 0.05) is 17.2 Å². The van der Waals surface area contributed by atoms with Gasteiger partial charge in [0.1, 0.15) is 6.54 Å². The van der Waals surface area contributed by atoms with Gasteiger partial charge in [0.05, 0.1) is 25.3 Å². The number of halogens is 1.